The fraction of sp³-hybridized carbons (Fsp3) is 0.368. The Hall–Kier alpha value is -3.16. The van der Waals surface area contributed by atoms with Crippen LogP contribution in [-0.2, 0) is 14.1 Å². The second kappa shape index (κ2) is 5.94. The molecular formula is C19H22N8. The molecule has 0 amide bonds. The molecule has 5 rings (SSSR count). The van der Waals surface area contributed by atoms with Crippen molar-refractivity contribution in [3.63, 3.8) is 0 Å². The predicted molar refractivity (Wildman–Crippen MR) is 103 cm³/mol. The van der Waals surface area contributed by atoms with E-state index >= 15 is 0 Å². The van der Waals surface area contributed by atoms with E-state index in [1.54, 1.807) is 6.20 Å². The van der Waals surface area contributed by atoms with E-state index in [4.69, 9.17) is 10.1 Å². The molecule has 0 atom stereocenters. The third kappa shape index (κ3) is 2.59. The SMILES string of the molecule is Cc1c(-c2ccn(C)n2)cn2nc(-c3nccn3C)nc(NC3CCC3)c12. The number of imidazole rings is 1. The fourth-order valence-electron chi connectivity index (χ4n) is 3.57. The van der Waals surface area contributed by atoms with Crippen LogP contribution in [0.15, 0.2) is 30.9 Å². The molecule has 4 heterocycles. The van der Waals surface area contributed by atoms with Gasteiger partial charge >= 0.3 is 0 Å². The van der Waals surface area contributed by atoms with Crippen molar-refractivity contribution in [1.29, 1.82) is 0 Å². The average molecular weight is 362 g/mol. The fourth-order valence-corrected chi connectivity index (χ4v) is 3.57. The number of nitrogens with zero attached hydrogens (tertiary/aromatic N) is 7. The molecule has 0 spiro atoms. The van der Waals surface area contributed by atoms with E-state index in [0.29, 0.717) is 11.9 Å². The molecule has 0 saturated heterocycles. The van der Waals surface area contributed by atoms with Crippen LogP contribution in [0.1, 0.15) is 24.8 Å². The van der Waals surface area contributed by atoms with Crippen molar-refractivity contribution in [3.8, 4) is 22.9 Å². The summed E-state index contributed by atoms with van der Waals surface area (Å²) < 4.78 is 5.66. The van der Waals surface area contributed by atoms with Crippen LogP contribution in [0, 0.1) is 6.92 Å². The summed E-state index contributed by atoms with van der Waals surface area (Å²) in [6.45, 7) is 2.11. The van der Waals surface area contributed by atoms with Crippen molar-refractivity contribution in [1.82, 2.24) is 33.9 Å². The zero-order valence-electron chi connectivity index (χ0n) is 15.7. The van der Waals surface area contributed by atoms with Crippen LogP contribution >= 0.6 is 0 Å². The Kier molecular flexibility index (Phi) is 3.53. The van der Waals surface area contributed by atoms with E-state index in [0.717, 1.165) is 34.0 Å². The Morgan fingerprint density at radius 1 is 1.15 bits per heavy atom. The highest BCUT2D eigenvalue weighted by Crippen LogP contribution is 2.33. The molecule has 4 aromatic rings. The average Bonchev–Trinajstić information content (AvgIpc) is 3.30. The molecule has 1 fully saturated rings. The van der Waals surface area contributed by atoms with Crippen LogP contribution in [0.3, 0.4) is 0 Å². The van der Waals surface area contributed by atoms with Crippen LogP contribution < -0.4 is 5.32 Å². The molecule has 27 heavy (non-hydrogen) atoms. The van der Waals surface area contributed by atoms with Gasteiger partial charge in [-0.05, 0) is 37.8 Å². The standard InChI is InChI=1S/C19H22N8/c1-12-14(15-7-9-26(3)23-15)11-27-16(12)17(21-13-5-4-6-13)22-18(24-27)19-20-8-10-25(19)2/h7-11,13H,4-6H2,1-3H3,(H,21,22,24). The lowest BCUT2D eigenvalue weighted by Crippen LogP contribution is -2.28. The highest BCUT2D eigenvalue weighted by atomic mass is 15.3. The van der Waals surface area contributed by atoms with Gasteiger partial charge in [0.15, 0.2) is 11.6 Å². The quantitative estimate of drug-likeness (QED) is 0.604. The molecule has 1 saturated carbocycles. The van der Waals surface area contributed by atoms with Crippen LogP contribution in [-0.4, -0.2) is 40.0 Å². The van der Waals surface area contributed by atoms with Gasteiger partial charge in [0, 0.05) is 50.5 Å². The second-order valence-corrected chi connectivity index (χ2v) is 7.25. The first kappa shape index (κ1) is 16.0. The summed E-state index contributed by atoms with van der Waals surface area (Å²) in [7, 11) is 3.88. The monoisotopic (exact) mass is 362 g/mol. The summed E-state index contributed by atoms with van der Waals surface area (Å²) in [5, 5.41) is 12.9. The largest absolute Gasteiger partial charge is 0.365 e. The first-order valence-corrected chi connectivity index (χ1v) is 9.24. The predicted octanol–water partition coefficient (Wildman–Crippen LogP) is 2.80. The van der Waals surface area contributed by atoms with Crippen molar-refractivity contribution in [2.75, 3.05) is 5.32 Å². The van der Waals surface area contributed by atoms with E-state index in [1.807, 2.05) is 52.5 Å². The number of nitrogens with one attached hydrogen (secondary N) is 1. The van der Waals surface area contributed by atoms with Gasteiger partial charge in [0.05, 0.1) is 5.69 Å². The van der Waals surface area contributed by atoms with Gasteiger partial charge in [-0.2, -0.15) is 5.10 Å². The third-order valence-corrected chi connectivity index (χ3v) is 5.34. The normalized spacial score (nSPS) is 14.6. The Bertz CT molecular complexity index is 1130. The van der Waals surface area contributed by atoms with E-state index in [9.17, 15) is 0 Å². The van der Waals surface area contributed by atoms with Crippen LogP contribution in [0.4, 0.5) is 5.82 Å². The smallest absolute Gasteiger partial charge is 0.218 e. The minimum absolute atomic E-state index is 0.477. The maximum Gasteiger partial charge on any atom is 0.218 e. The lowest BCUT2D eigenvalue weighted by molar-refractivity contribution is 0.444. The highest BCUT2D eigenvalue weighted by Gasteiger charge is 2.23. The van der Waals surface area contributed by atoms with Crippen molar-refractivity contribution >= 4 is 11.3 Å². The van der Waals surface area contributed by atoms with Gasteiger partial charge in [0.25, 0.3) is 0 Å². The Morgan fingerprint density at radius 3 is 2.63 bits per heavy atom. The molecule has 0 aliphatic heterocycles. The first-order valence-electron chi connectivity index (χ1n) is 9.24. The molecule has 1 aliphatic carbocycles. The summed E-state index contributed by atoms with van der Waals surface area (Å²) >= 11 is 0. The van der Waals surface area contributed by atoms with Gasteiger partial charge in [0.2, 0.25) is 5.82 Å². The van der Waals surface area contributed by atoms with Gasteiger partial charge in [0.1, 0.15) is 5.52 Å². The van der Waals surface area contributed by atoms with Crippen molar-refractivity contribution in [3.05, 3.63) is 36.4 Å². The lowest BCUT2D eigenvalue weighted by Gasteiger charge is -2.27. The third-order valence-electron chi connectivity index (χ3n) is 5.34. The molecular weight excluding hydrogens is 340 g/mol. The summed E-state index contributed by atoms with van der Waals surface area (Å²) in [4.78, 5) is 9.27. The molecule has 0 aromatic carbocycles. The Labute approximate surface area is 156 Å². The first-order chi connectivity index (χ1) is 13.1. The summed E-state index contributed by atoms with van der Waals surface area (Å²) in [6.07, 6.45) is 11.3. The number of fused-ring (bicyclic) bond motifs is 1. The molecule has 0 unspecified atom stereocenters. The summed E-state index contributed by atoms with van der Waals surface area (Å²) in [5.41, 5.74) is 4.13. The van der Waals surface area contributed by atoms with E-state index in [-0.39, 0.29) is 0 Å². The maximum absolute atomic E-state index is 4.85. The summed E-state index contributed by atoms with van der Waals surface area (Å²) in [5.74, 6) is 2.23. The number of hydrogen-bond donors (Lipinski definition) is 1. The van der Waals surface area contributed by atoms with Gasteiger partial charge in [-0.3, -0.25) is 4.68 Å². The molecule has 0 bridgehead atoms. The van der Waals surface area contributed by atoms with Crippen LogP contribution in [0.5, 0.6) is 0 Å². The van der Waals surface area contributed by atoms with E-state index < -0.39 is 0 Å². The number of hydrogen-bond acceptors (Lipinski definition) is 5. The molecule has 8 nitrogen and oxygen atoms in total. The molecule has 4 aromatic heterocycles. The minimum atomic E-state index is 0.477. The van der Waals surface area contributed by atoms with Gasteiger partial charge in [-0.15, -0.1) is 5.10 Å². The number of aryl methyl sites for hydroxylation is 3. The number of anilines is 1. The Balaban J connectivity index is 1.71. The number of rotatable bonds is 4. The van der Waals surface area contributed by atoms with E-state index in [1.165, 1.54) is 19.3 Å². The minimum Gasteiger partial charge on any atom is -0.365 e. The lowest BCUT2D eigenvalue weighted by atomic mass is 9.93. The summed E-state index contributed by atoms with van der Waals surface area (Å²) in [6, 6.07) is 2.50. The van der Waals surface area contributed by atoms with Gasteiger partial charge in [-0.1, -0.05) is 0 Å². The topological polar surface area (TPSA) is 77.9 Å². The van der Waals surface area contributed by atoms with Gasteiger partial charge < -0.3 is 9.88 Å². The van der Waals surface area contributed by atoms with Crippen molar-refractivity contribution in [2.24, 2.45) is 14.1 Å². The molecule has 8 heteroatoms. The maximum atomic E-state index is 4.85. The zero-order valence-corrected chi connectivity index (χ0v) is 15.7. The second-order valence-electron chi connectivity index (χ2n) is 7.25. The van der Waals surface area contributed by atoms with Crippen molar-refractivity contribution in [2.45, 2.75) is 32.2 Å². The van der Waals surface area contributed by atoms with Crippen LogP contribution in [0.2, 0.25) is 0 Å². The van der Waals surface area contributed by atoms with Gasteiger partial charge in [-0.25, -0.2) is 14.5 Å². The molecule has 138 valence electrons. The zero-order chi connectivity index (χ0) is 18.5. The molecule has 1 N–H and O–H groups in total. The highest BCUT2D eigenvalue weighted by molar-refractivity contribution is 5.82. The van der Waals surface area contributed by atoms with Crippen molar-refractivity contribution < 1.29 is 0 Å². The Morgan fingerprint density at radius 2 is 2.00 bits per heavy atom. The van der Waals surface area contributed by atoms with E-state index in [2.05, 4.69) is 22.3 Å². The van der Waals surface area contributed by atoms with Crippen LogP contribution in [0.25, 0.3) is 28.4 Å². The molecule has 1 aliphatic rings. The molecule has 0 radical (unpaired) electrons. The number of aromatic nitrogens is 7.